The zero-order chi connectivity index (χ0) is 11.5. The van der Waals surface area contributed by atoms with Crippen LogP contribution in [0.15, 0.2) is 16.6 Å². The molecule has 1 aliphatic heterocycles. The molecule has 0 saturated carbocycles. The highest BCUT2D eigenvalue weighted by molar-refractivity contribution is 9.10. The third-order valence-corrected chi connectivity index (χ3v) is 3.67. The third-order valence-electron chi connectivity index (χ3n) is 2.93. The maximum atomic E-state index is 6.17. The van der Waals surface area contributed by atoms with Crippen LogP contribution in [0.1, 0.15) is 30.9 Å². The van der Waals surface area contributed by atoms with Gasteiger partial charge in [0.15, 0.2) is 0 Å². The maximum Gasteiger partial charge on any atom is 0.142 e. The van der Waals surface area contributed by atoms with Crippen molar-refractivity contribution in [3.8, 4) is 5.75 Å². The summed E-state index contributed by atoms with van der Waals surface area (Å²) in [7, 11) is 1.67. The average Bonchev–Trinajstić information content (AvgIpc) is 2.29. The molecule has 16 heavy (non-hydrogen) atoms. The van der Waals surface area contributed by atoms with Gasteiger partial charge in [0.2, 0.25) is 0 Å². The van der Waals surface area contributed by atoms with Gasteiger partial charge in [-0.1, -0.05) is 34.0 Å². The molecule has 0 radical (unpaired) electrons. The van der Waals surface area contributed by atoms with E-state index in [9.17, 15) is 0 Å². The second-order valence-electron chi connectivity index (χ2n) is 4.01. The molecule has 1 atom stereocenters. The SMILES string of the molecule is COc1c(Cl)cc(Br)cc1C1CCCCN1. The van der Waals surface area contributed by atoms with Gasteiger partial charge in [-0.05, 0) is 31.5 Å². The Labute approximate surface area is 109 Å². The normalized spacial score (nSPS) is 20.8. The van der Waals surface area contributed by atoms with E-state index in [4.69, 9.17) is 16.3 Å². The molecule has 1 heterocycles. The summed E-state index contributed by atoms with van der Waals surface area (Å²) in [6, 6.07) is 4.32. The number of ether oxygens (including phenoxy) is 1. The largest absolute Gasteiger partial charge is 0.495 e. The smallest absolute Gasteiger partial charge is 0.142 e. The molecule has 0 aromatic heterocycles. The van der Waals surface area contributed by atoms with E-state index in [0.717, 1.165) is 28.8 Å². The molecule has 88 valence electrons. The molecule has 1 saturated heterocycles. The van der Waals surface area contributed by atoms with E-state index in [-0.39, 0.29) is 0 Å². The molecule has 0 amide bonds. The highest BCUT2D eigenvalue weighted by atomic mass is 79.9. The van der Waals surface area contributed by atoms with Gasteiger partial charge in [-0.15, -0.1) is 0 Å². The summed E-state index contributed by atoms with van der Waals surface area (Å²) in [5, 5.41) is 4.17. The van der Waals surface area contributed by atoms with Crippen molar-refractivity contribution in [3.63, 3.8) is 0 Å². The number of hydrogen-bond donors (Lipinski definition) is 1. The number of hydrogen-bond acceptors (Lipinski definition) is 2. The Morgan fingerprint density at radius 2 is 2.25 bits per heavy atom. The first-order valence-electron chi connectivity index (χ1n) is 5.48. The van der Waals surface area contributed by atoms with Crippen LogP contribution in [0.4, 0.5) is 0 Å². The number of rotatable bonds is 2. The lowest BCUT2D eigenvalue weighted by Crippen LogP contribution is -2.27. The lowest BCUT2D eigenvalue weighted by Gasteiger charge is -2.26. The average molecular weight is 305 g/mol. The van der Waals surface area contributed by atoms with E-state index >= 15 is 0 Å². The van der Waals surface area contributed by atoms with Crippen LogP contribution in [-0.4, -0.2) is 13.7 Å². The molecular weight excluding hydrogens is 289 g/mol. The van der Waals surface area contributed by atoms with Crippen LogP contribution in [0.2, 0.25) is 5.02 Å². The fraction of sp³-hybridized carbons (Fsp3) is 0.500. The second-order valence-corrected chi connectivity index (χ2v) is 5.34. The predicted molar refractivity (Wildman–Crippen MR) is 70.3 cm³/mol. The maximum absolute atomic E-state index is 6.17. The van der Waals surface area contributed by atoms with Crippen LogP contribution >= 0.6 is 27.5 Å². The monoisotopic (exact) mass is 303 g/mol. The summed E-state index contributed by atoms with van der Waals surface area (Å²) in [5.74, 6) is 0.796. The molecule has 1 fully saturated rings. The minimum absolute atomic E-state index is 0.360. The standard InChI is InChI=1S/C12H15BrClNO/c1-16-12-9(6-8(13)7-10(12)14)11-4-2-3-5-15-11/h6-7,11,15H,2-5H2,1H3. The van der Waals surface area contributed by atoms with Crippen molar-refractivity contribution in [1.29, 1.82) is 0 Å². The molecule has 4 heteroatoms. The predicted octanol–water partition coefficient (Wildman–Crippen LogP) is 3.93. The molecule has 1 N–H and O–H groups in total. The molecule has 1 unspecified atom stereocenters. The molecule has 1 aromatic rings. The Balaban J connectivity index is 2.36. The van der Waals surface area contributed by atoms with E-state index in [2.05, 4.69) is 27.3 Å². The van der Waals surface area contributed by atoms with E-state index in [0.29, 0.717) is 11.1 Å². The first kappa shape index (κ1) is 12.2. The molecule has 0 spiro atoms. The minimum atomic E-state index is 0.360. The molecule has 2 rings (SSSR count). The van der Waals surface area contributed by atoms with Gasteiger partial charge in [-0.2, -0.15) is 0 Å². The number of benzene rings is 1. The van der Waals surface area contributed by atoms with Crippen LogP contribution in [-0.2, 0) is 0 Å². The highest BCUT2D eigenvalue weighted by Crippen LogP contribution is 2.38. The Bertz CT molecular complexity index is 378. The molecule has 1 aromatic carbocycles. The summed E-state index contributed by atoms with van der Waals surface area (Å²) in [6.45, 7) is 1.07. The van der Waals surface area contributed by atoms with Crippen LogP contribution in [0.3, 0.4) is 0 Å². The summed E-state index contributed by atoms with van der Waals surface area (Å²) in [6.07, 6.45) is 3.65. The topological polar surface area (TPSA) is 21.3 Å². The van der Waals surface area contributed by atoms with Crippen LogP contribution in [0.25, 0.3) is 0 Å². The summed E-state index contributed by atoms with van der Waals surface area (Å²) in [5.41, 5.74) is 1.15. The Kier molecular flexibility index (Phi) is 4.11. The van der Waals surface area contributed by atoms with Crippen molar-refractivity contribution >= 4 is 27.5 Å². The number of piperidine rings is 1. The van der Waals surface area contributed by atoms with Crippen molar-refractivity contribution in [1.82, 2.24) is 5.32 Å². The lowest BCUT2D eigenvalue weighted by molar-refractivity contribution is 0.373. The van der Waals surface area contributed by atoms with Crippen molar-refractivity contribution in [2.45, 2.75) is 25.3 Å². The first-order chi connectivity index (χ1) is 7.72. The Morgan fingerprint density at radius 1 is 1.44 bits per heavy atom. The van der Waals surface area contributed by atoms with Crippen molar-refractivity contribution in [2.75, 3.05) is 13.7 Å². The number of methoxy groups -OCH3 is 1. The summed E-state index contributed by atoms with van der Waals surface area (Å²) >= 11 is 9.65. The second kappa shape index (κ2) is 5.39. The van der Waals surface area contributed by atoms with Crippen molar-refractivity contribution in [3.05, 3.63) is 27.2 Å². The molecular formula is C12H15BrClNO. The fourth-order valence-electron chi connectivity index (χ4n) is 2.17. The fourth-order valence-corrected chi connectivity index (χ4v) is 3.08. The minimum Gasteiger partial charge on any atom is -0.495 e. The third kappa shape index (κ3) is 2.53. The van der Waals surface area contributed by atoms with Crippen LogP contribution in [0, 0.1) is 0 Å². The van der Waals surface area contributed by atoms with Gasteiger partial charge >= 0.3 is 0 Å². The van der Waals surface area contributed by atoms with E-state index in [1.165, 1.54) is 12.8 Å². The molecule has 1 aliphatic rings. The Morgan fingerprint density at radius 3 is 2.88 bits per heavy atom. The first-order valence-corrected chi connectivity index (χ1v) is 6.66. The summed E-state index contributed by atoms with van der Waals surface area (Å²) < 4.78 is 6.39. The van der Waals surface area contributed by atoms with E-state index in [1.807, 2.05) is 6.07 Å². The van der Waals surface area contributed by atoms with Gasteiger partial charge in [0, 0.05) is 16.1 Å². The van der Waals surface area contributed by atoms with E-state index in [1.54, 1.807) is 7.11 Å². The van der Waals surface area contributed by atoms with E-state index < -0.39 is 0 Å². The Hall–Kier alpha value is -0.250. The lowest BCUT2D eigenvalue weighted by atomic mass is 9.97. The van der Waals surface area contributed by atoms with Gasteiger partial charge in [-0.3, -0.25) is 0 Å². The van der Waals surface area contributed by atoms with Gasteiger partial charge in [0.25, 0.3) is 0 Å². The van der Waals surface area contributed by atoms with Gasteiger partial charge in [-0.25, -0.2) is 0 Å². The highest BCUT2D eigenvalue weighted by Gasteiger charge is 2.20. The number of halogens is 2. The number of nitrogens with one attached hydrogen (secondary N) is 1. The van der Waals surface area contributed by atoms with Gasteiger partial charge in [0.05, 0.1) is 12.1 Å². The van der Waals surface area contributed by atoms with Gasteiger partial charge in [0.1, 0.15) is 5.75 Å². The zero-order valence-electron chi connectivity index (χ0n) is 9.22. The molecule has 0 bridgehead atoms. The van der Waals surface area contributed by atoms with Crippen LogP contribution < -0.4 is 10.1 Å². The van der Waals surface area contributed by atoms with Crippen LogP contribution in [0.5, 0.6) is 5.75 Å². The zero-order valence-corrected chi connectivity index (χ0v) is 11.6. The van der Waals surface area contributed by atoms with Gasteiger partial charge < -0.3 is 10.1 Å². The molecule has 0 aliphatic carbocycles. The van der Waals surface area contributed by atoms with Crippen molar-refractivity contribution in [2.24, 2.45) is 0 Å². The quantitative estimate of drug-likeness (QED) is 0.894. The summed E-state index contributed by atoms with van der Waals surface area (Å²) in [4.78, 5) is 0. The van der Waals surface area contributed by atoms with Crippen molar-refractivity contribution < 1.29 is 4.74 Å². The molecule has 2 nitrogen and oxygen atoms in total.